The zero-order valence-electron chi connectivity index (χ0n) is 18.7. The van der Waals surface area contributed by atoms with Gasteiger partial charge in [0, 0.05) is 21.8 Å². The molecule has 1 aliphatic heterocycles. The molecule has 0 aliphatic carbocycles. The van der Waals surface area contributed by atoms with Gasteiger partial charge in [0.2, 0.25) is 16.8 Å². The average Bonchev–Trinajstić information content (AvgIpc) is 3.53. The zero-order valence-corrected chi connectivity index (χ0v) is 25.0. The summed E-state index contributed by atoms with van der Waals surface area (Å²) in [7, 11) is -4.25. The Labute approximate surface area is 263 Å². The number of hydrogen-bond donors (Lipinski definition) is 0. The molecule has 1 aliphatic rings. The first-order valence-electron chi connectivity index (χ1n) is 10.0. The third kappa shape index (κ3) is 5.90. The van der Waals surface area contributed by atoms with Crippen molar-refractivity contribution in [3.63, 3.8) is 0 Å². The number of nitriles is 1. The van der Waals surface area contributed by atoms with Crippen LogP contribution >= 0.6 is 34.7 Å². The topological polar surface area (TPSA) is 116 Å². The quantitative estimate of drug-likeness (QED) is 0.186. The van der Waals surface area contributed by atoms with Crippen molar-refractivity contribution >= 4 is 44.7 Å². The number of thioether (sulfide) groups is 1. The maximum absolute atomic E-state index is 12.8. The molecule has 0 saturated heterocycles. The minimum Gasteiger partial charge on any atom is -0.493 e. The summed E-state index contributed by atoms with van der Waals surface area (Å²) in [5.74, 6) is 1.72. The van der Waals surface area contributed by atoms with Gasteiger partial charge >= 0.3 is 51.4 Å². The van der Waals surface area contributed by atoms with Crippen LogP contribution in [-0.2, 0) is 15.8 Å². The van der Waals surface area contributed by atoms with Crippen molar-refractivity contribution in [1.82, 2.24) is 10.2 Å². The van der Waals surface area contributed by atoms with Crippen molar-refractivity contribution in [2.75, 3.05) is 6.79 Å². The molecule has 0 spiro atoms. The molecule has 13 heteroatoms. The second-order valence-corrected chi connectivity index (χ2v) is 11.2. The van der Waals surface area contributed by atoms with Gasteiger partial charge < -0.3 is 19.5 Å². The maximum atomic E-state index is 12.8. The number of halogens is 1. The van der Waals surface area contributed by atoms with Gasteiger partial charge in [-0.2, -0.15) is 0 Å². The van der Waals surface area contributed by atoms with E-state index in [9.17, 15) is 8.42 Å². The van der Waals surface area contributed by atoms with E-state index in [0.29, 0.717) is 42.7 Å². The predicted molar refractivity (Wildman–Crippen MR) is 134 cm³/mol. The Morgan fingerprint density at radius 1 is 1.06 bits per heavy atom. The molecule has 0 fully saturated rings. The van der Waals surface area contributed by atoms with Crippen LogP contribution in [0.25, 0.3) is 25.9 Å². The first kappa shape index (κ1) is 27.4. The van der Waals surface area contributed by atoms with Crippen LogP contribution in [0.2, 0.25) is 5.02 Å². The molecular formula is C23H14ClKN4O4S3. The largest absolute Gasteiger partial charge is 1.00 e. The van der Waals surface area contributed by atoms with Crippen LogP contribution in [0.4, 0.5) is 0 Å². The Bertz CT molecular complexity index is 1560. The summed E-state index contributed by atoms with van der Waals surface area (Å²) >= 11 is 9.12. The number of rotatable bonds is 7. The standard InChI is InChI=1S/C23H14ClN4O4S3.K/c24-17-10-20(33-11-14-6-7-18-19(8-14)32-13-31-18)21(35(29,30)26-12-25)9-16(17)23-28-27-22(34-23)15-4-2-1-3-5-15;/h1-10H,11,13H2;/q-1;+1. The molecular weight excluding hydrogens is 567 g/mol. The average molecular weight is 581 g/mol. The van der Waals surface area contributed by atoms with E-state index in [1.54, 1.807) is 12.1 Å². The molecule has 0 unspecified atom stereocenters. The molecule has 176 valence electrons. The van der Waals surface area contributed by atoms with E-state index in [1.165, 1.54) is 35.4 Å². The summed E-state index contributed by atoms with van der Waals surface area (Å²) in [6.45, 7) is 0.165. The Balaban J connectivity index is 0.00000304. The molecule has 4 aromatic rings. The first-order chi connectivity index (χ1) is 16.9. The summed E-state index contributed by atoms with van der Waals surface area (Å²) in [6.07, 6.45) is 1.37. The molecule has 8 nitrogen and oxygen atoms in total. The third-order valence-corrected chi connectivity index (χ3v) is 8.77. The second kappa shape index (κ2) is 11.8. The Hall–Kier alpha value is -1.66. The first-order valence-corrected chi connectivity index (χ1v) is 13.7. The summed E-state index contributed by atoms with van der Waals surface area (Å²) < 4.78 is 39.5. The van der Waals surface area contributed by atoms with Gasteiger partial charge in [0.05, 0.1) is 9.92 Å². The van der Waals surface area contributed by atoms with Gasteiger partial charge in [-0.1, -0.05) is 65.5 Å². The fourth-order valence-electron chi connectivity index (χ4n) is 3.34. The van der Waals surface area contributed by atoms with E-state index in [1.807, 2.05) is 42.5 Å². The maximum Gasteiger partial charge on any atom is 1.00 e. The Kier molecular flexibility index (Phi) is 8.98. The number of ether oxygens (including phenoxy) is 2. The fraction of sp³-hybridized carbons (Fsp3) is 0.0870. The molecule has 5 rings (SSSR count). The van der Waals surface area contributed by atoms with Crippen LogP contribution in [0.15, 0.2) is 70.5 Å². The van der Waals surface area contributed by atoms with Gasteiger partial charge in [-0.3, -0.25) is 0 Å². The van der Waals surface area contributed by atoms with Gasteiger partial charge in [0.15, 0.2) is 11.5 Å². The van der Waals surface area contributed by atoms with Crippen LogP contribution < -0.4 is 60.9 Å². The van der Waals surface area contributed by atoms with Gasteiger partial charge in [0.25, 0.3) is 0 Å². The molecule has 0 radical (unpaired) electrons. The van der Waals surface area contributed by atoms with E-state index in [4.69, 9.17) is 26.3 Å². The van der Waals surface area contributed by atoms with Crippen molar-refractivity contribution in [1.29, 1.82) is 5.26 Å². The Morgan fingerprint density at radius 2 is 1.81 bits per heavy atom. The summed E-state index contributed by atoms with van der Waals surface area (Å²) in [5.41, 5.74) is 2.18. The fourth-order valence-corrected chi connectivity index (χ4v) is 6.77. The third-order valence-electron chi connectivity index (χ3n) is 4.98. The minimum absolute atomic E-state index is 0. The second-order valence-electron chi connectivity index (χ2n) is 7.20. The summed E-state index contributed by atoms with van der Waals surface area (Å²) in [6, 6.07) is 18.0. The SMILES string of the molecule is N#C[N-]S(=O)(=O)c1cc(-c2nnc(-c3ccccc3)s2)c(Cl)cc1SCc1ccc2c(c1)OCO2.[K+]. The van der Waals surface area contributed by atoms with Crippen molar-refractivity contribution < 1.29 is 69.3 Å². The number of sulfonamides is 1. The molecule has 0 bridgehead atoms. The molecule has 1 aromatic heterocycles. The van der Waals surface area contributed by atoms with Gasteiger partial charge in [-0.25, -0.2) is 8.42 Å². The zero-order chi connectivity index (χ0) is 24.4. The molecule has 0 saturated carbocycles. The monoisotopic (exact) mass is 580 g/mol. The molecule has 2 heterocycles. The molecule has 0 atom stereocenters. The van der Waals surface area contributed by atoms with Crippen LogP contribution in [-0.4, -0.2) is 25.4 Å². The van der Waals surface area contributed by atoms with Crippen molar-refractivity contribution in [2.45, 2.75) is 15.5 Å². The van der Waals surface area contributed by atoms with Crippen LogP contribution in [0.1, 0.15) is 5.56 Å². The van der Waals surface area contributed by atoms with E-state index in [0.717, 1.165) is 11.1 Å². The van der Waals surface area contributed by atoms with Gasteiger partial charge in [0.1, 0.15) is 10.0 Å². The van der Waals surface area contributed by atoms with Crippen molar-refractivity contribution in [3.05, 3.63) is 76.0 Å². The number of aromatic nitrogens is 2. The van der Waals surface area contributed by atoms with Crippen LogP contribution in [0.5, 0.6) is 11.5 Å². The normalized spacial score (nSPS) is 12.0. The van der Waals surface area contributed by atoms with Crippen molar-refractivity contribution in [3.8, 4) is 38.8 Å². The molecule has 3 aromatic carbocycles. The van der Waals surface area contributed by atoms with E-state index >= 15 is 0 Å². The predicted octanol–water partition coefficient (Wildman–Crippen LogP) is 3.09. The number of nitrogens with zero attached hydrogens (tertiary/aromatic N) is 4. The van der Waals surface area contributed by atoms with Crippen molar-refractivity contribution in [2.24, 2.45) is 0 Å². The number of hydrogen-bond acceptors (Lipinski definition) is 9. The van der Waals surface area contributed by atoms with E-state index < -0.39 is 10.0 Å². The number of benzene rings is 3. The molecule has 0 amide bonds. The summed E-state index contributed by atoms with van der Waals surface area (Å²) in [5, 5.41) is 18.8. The minimum atomic E-state index is -4.25. The molecule has 0 N–H and O–H groups in total. The molecule has 36 heavy (non-hydrogen) atoms. The van der Waals surface area contributed by atoms with E-state index in [2.05, 4.69) is 14.9 Å². The van der Waals surface area contributed by atoms with Gasteiger partial charge in [-0.15, -0.1) is 22.0 Å². The Morgan fingerprint density at radius 3 is 2.58 bits per heavy atom. The number of fused-ring (bicyclic) bond motifs is 1. The van der Waals surface area contributed by atoms with E-state index in [-0.39, 0.29) is 63.1 Å². The van der Waals surface area contributed by atoms with Crippen LogP contribution in [0, 0.1) is 11.5 Å². The van der Waals surface area contributed by atoms with Gasteiger partial charge in [-0.05, 0) is 29.8 Å². The summed E-state index contributed by atoms with van der Waals surface area (Å²) in [4.78, 5) is 0.240. The smallest absolute Gasteiger partial charge is 0.493 e. The van der Waals surface area contributed by atoms with Crippen LogP contribution in [0.3, 0.4) is 0 Å².